The molecule has 0 spiro atoms. The van der Waals surface area contributed by atoms with Crippen LogP contribution in [0.15, 0.2) is 119 Å². The number of rotatable bonds is 11. The summed E-state index contributed by atoms with van der Waals surface area (Å²) in [5, 5.41) is 0. The Morgan fingerprint density at radius 1 is 0.935 bits per heavy atom. The fourth-order valence-corrected chi connectivity index (χ4v) is 6.18. The number of anilines is 1. The van der Waals surface area contributed by atoms with Crippen molar-refractivity contribution in [2.75, 3.05) is 23.0 Å². The molecule has 1 aromatic heterocycles. The minimum atomic E-state index is -4.25. The number of ether oxygens (including phenoxy) is 1. The zero-order chi connectivity index (χ0) is 32.3. The van der Waals surface area contributed by atoms with Gasteiger partial charge in [0.15, 0.2) is 12.3 Å². The summed E-state index contributed by atoms with van der Waals surface area (Å²) in [4.78, 5) is 1.73. The number of fused-ring (bicyclic) bond motifs is 2. The summed E-state index contributed by atoms with van der Waals surface area (Å²) in [5.41, 5.74) is 6.77. The number of hydrogen-bond donors (Lipinski definition) is 1. The number of nitrogens with zero attached hydrogens (tertiary/aromatic N) is 2. The molecule has 4 aromatic carbocycles. The number of allylic oxidation sites excluding steroid dienone is 2. The molecule has 0 aliphatic carbocycles. The highest BCUT2D eigenvalue weighted by molar-refractivity contribution is 7.85. The molecule has 0 radical (unpaired) electrons. The van der Waals surface area contributed by atoms with Crippen molar-refractivity contribution in [3.8, 4) is 28.0 Å². The largest absolute Gasteiger partial charge is 0.772 e. The van der Waals surface area contributed by atoms with E-state index in [1.165, 1.54) is 0 Å². The lowest BCUT2D eigenvalue weighted by Gasteiger charge is -2.18. The van der Waals surface area contributed by atoms with Crippen molar-refractivity contribution in [1.29, 1.82) is 0 Å². The number of aryl methyl sites for hydroxylation is 1. The van der Waals surface area contributed by atoms with Gasteiger partial charge < -0.3 is 18.6 Å². The van der Waals surface area contributed by atoms with Gasteiger partial charge in [-0.2, -0.15) is 13.0 Å². The Hall–Kier alpha value is -4.55. The standard InChI is InChI=1S/C35H32N2O7S2/c1-2-25(21-34-36(17-19-45(38)39)30-23-28(13-15-32(30)43-34)26-9-5-3-6-10-26)22-35-37(18-20-46(40,41)42)31-24-29(14-16-33(31)44-35)27-11-7-4-8-12-27/h3-16,21-24H,2,17-20H2,1H3,(H-,38,39,40,41,42). The molecule has 0 fully saturated rings. The van der Waals surface area contributed by atoms with Crippen LogP contribution in [0.4, 0.5) is 5.69 Å². The minimum Gasteiger partial charge on any atom is -0.772 e. The Balaban J connectivity index is 1.41. The molecule has 9 nitrogen and oxygen atoms in total. The van der Waals surface area contributed by atoms with Gasteiger partial charge in [0.2, 0.25) is 11.5 Å². The fourth-order valence-electron chi connectivity index (χ4n) is 5.43. The van der Waals surface area contributed by atoms with Crippen molar-refractivity contribution in [2.24, 2.45) is 0 Å². The lowest BCUT2D eigenvalue weighted by atomic mass is 10.0. The van der Waals surface area contributed by atoms with E-state index in [-0.39, 0.29) is 18.8 Å². The Kier molecular flexibility index (Phi) is 9.18. The summed E-state index contributed by atoms with van der Waals surface area (Å²) < 4.78 is 70.6. The molecule has 0 bridgehead atoms. The monoisotopic (exact) mass is 656 g/mol. The number of aromatic nitrogens is 1. The van der Waals surface area contributed by atoms with Crippen LogP contribution in [0.2, 0.25) is 0 Å². The van der Waals surface area contributed by atoms with Gasteiger partial charge in [-0.3, -0.25) is 8.76 Å². The smallest absolute Gasteiger partial charge is 0.374 e. The maximum atomic E-state index is 11.8. The predicted octanol–water partition coefficient (Wildman–Crippen LogP) is 6.36. The van der Waals surface area contributed by atoms with Gasteiger partial charge in [0, 0.05) is 18.7 Å². The summed E-state index contributed by atoms with van der Waals surface area (Å²) in [6.07, 6.45) is 4.21. The Morgan fingerprint density at radius 3 is 2.22 bits per heavy atom. The summed E-state index contributed by atoms with van der Waals surface area (Å²) in [6.45, 7) is 2.12. The molecule has 6 rings (SSSR count). The first-order valence-electron chi connectivity index (χ1n) is 14.8. The first kappa shape index (κ1) is 31.4. The zero-order valence-electron chi connectivity index (χ0n) is 25.0. The van der Waals surface area contributed by atoms with Crippen LogP contribution in [0.3, 0.4) is 0 Å². The normalized spacial score (nSPS) is 14.9. The molecule has 5 aromatic rings. The molecule has 1 unspecified atom stereocenters. The first-order chi connectivity index (χ1) is 22.2. The highest BCUT2D eigenvalue weighted by Crippen LogP contribution is 2.42. The van der Waals surface area contributed by atoms with Crippen LogP contribution in [0, 0.1) is 0 Å². The third-order valence-electron chi connectivity index (χ3n) is 7.76. The Bertz CT molecular complexity index is 2070. The Labute approximate surface area is 270 Å². The van der Waals surface area contributed by atoms with E-state index in [1.807, 2.05) is 121 Å². The van der Waals surface area contributed by atoms with Crippen molar-refractivity contribution in [1.82, 2.24) is 0 Å². The molecule has 2 heterocycles. The summed E-state index contributed by atoms with van der Waals surface area (Å²) in [7, 11) is -4.25. The molecule has 0 saturated carbocycles. The molecule has 1 aliphatic heterocycles. The van der Waals surface area contributed by atoms with E-state index >= 15 is 0 Å². The van der Waals surface area contributed by atoms with Gasteiger partial charge in [-0.05, 0) is 63.5 Å². The van der Waals surface area contributed by atoms with Gasteiger partial charge in [-0.1, -0.05) is 79.7 Å². The molecule has 46 heavy (non-hydrogen) atoms. The third-order valence-corrected chi connectivity index (χ3v) is 8.97. The molecule has 236 valence electrons. The third kappa shape index (κ3) is 7.13. The van der Waals surface area contributed by atoms with E-state index < -0.39 is 27.0 Å². The van der Waals surface area contributed by atoms with E-state index in [0.29, 0.717) is 35.2 Å². The second-order valence-corrected chi connectivity index (χ2v) is 13.4. The van der Waals surface area contributed by atoms with Crippen LogP contribution >= 0.6 is 0 Å². The molecular formula is C35H32N2O7S2. The SMILES string of the molecule is CCC(=Cc1oc2ccc(-c3ccccc3)cc2[n+]1CCS(=O)[O-])C=C1Oc2ccc(-c3ccccc3)cc2N1CCS(=O)(=O)O. The second kappa shape index (κ2) is 13.4. The lowest BCUT2D eigenvalue weighted by molar-refractivity contribution is -0.673. The molecule has 0 saturated heterocycles. The van der Waals surface area contributed by atoms with Crippen LogP contribution < -0.4 is 14.2 Å². The molecule has 1 atom stereocenters. The molecule has 11 heteroatoms. The van der Waals surface area contributed by atoms with Gasteiger partial charge in [0.1, 0.15) is 0 Å². The summed E-state index contributed by atoms with van der Waals surface area (Å²) in [5.74, 6) is 0.830. The zero-order valence-corrected chi connectivity index (χ0v) is 26.7. The van der Waals surface area contributed by atoms with Crippen molar-refractivity contribution < 1.29 is 35.5 Å². The maximum absolute atomic E-state index is 11.8. The highest BCUT2D eigenvalue weighted by atomic mass is 32.2. The Morgan fingerprint density at radius 2 is 1.59 bits per heavy atom. The van der Waals surface area contributed by atoms with Crippen molar-refractivity contribution >= 4 is 44.1 Å². The van der Waals surface area contributed by atoms with Gasteiger partial charge >= 0.3 is 5.89 Å². The highest BCUT2D eigenvalue weighted by Gasteiger charge is 2.29. The van der Waals surface area contributed by atoms with Crippen LogP contribution in [0.25, 0.3) is 39.4 Å². The molecule has 0 amide bonds. The van der Waals surface area contributed by atoms with E-state index in [9.17, 15) is 21.7 Å². The van der Waals surface area contributed by atoms with Gasteiger partial charge in [0.05, 0.1) is 23.3 Å². The predicted molar refractivity (Wildman–Crippen MR) is 178 cm³/mol. The number of hydrogen-bond acceptors (Lipinski definition) is 7. The van der Waals surface area contributed by atoms with E-state index in [1.54, 1.807) is 4.90 Å². The number of benzene rings is 4. The first-order valence-corrected chi connectivity index (χ1v) is 17.6. The van der Waals surface area contributed by atoms with Gasteiger partial charge in [-0.25, -0.2) is 0 Å². The van der Waals surface area contributed by atoms with Crippen molar-refractivity contribution in [3.05, 3.63) is 120 Å². The molecule has 1 aliphatic rings. The van der Waals surface area contributed by atoms with Crippen molar-refractivity contribution in [2.45, 2.75) is 19.9 Å². The number of oxazole rings is 1. The fraction of sp³-hybridized carbons (Fsp3) is 0.171. The lowest BCUT2D eigenvalue weighted by Crippen LogP contribution is -2.38. The minimum absolute atomic E-state index is 0.0326. The maximum Gasteiger partial charge on any atom is 0.374 e. The molecule has 1 N–H and O–H groups in total. The van der Waals surface area contributed by atoms with E-state index in [0.717, 1.165) is 33.3 Å². The van der Waals surface area contributed by atoms with E-state index in [4.69, 9.17) is 9.15 Å². The van der Waals surface area contributed by atoms with Crippen LogP contribution in [0.5, 0.6) is 5.75 Å². The van der Waals surface area contributed by atoms with Gasteiger partial charge in [-0.15, -0.1) is 0 Å². The van der Waals surface area contributed by atoms with Crippen molar-refractivity contribution in [3.63, 3.8) is 0 Å². The quantitative estimate of drug-likeness (QED) is 0.0991. The van der Waals surface area contributed by atoms with Crippen LogP contribution in [0.1, 0.15) is 19.2 Å². The summed E-state index contributed by atoms with van der Waals surface area (Å²) >= 11 is -2.26. The average molecular weight is 657 g/mol. The topological polar surface area (TPSA) is 124 Å². The van der Waals surface area contributed by atoms with Crippen LogP contribution in [-0.4, -0.2) is 39.8 Å². The van der Waals surface area contributed by atoms with Crippen LogP contribution in [-0.2, 0) is 27.7 Å². The summed E-state index contributed by atoms with van der Waals surface area (Å²) in [6, 6.07) is 31.2. The molecular weight excluding hydrogens is 625 g/mol. The average Bonchev–Trinajstić information content (AvgIpc) is 3.58. The second-order valence-electron chi connectivity index (χ2n) is 10.8. The van der Waals surface area contributed by atoms with E-state index in [2.05, 4.69) is 0 Å². The van der Waals surface area contributed by atoms with Gasteiger partial charge in [0.25, 0.3) is 15.6 Å².